The Bertz CT molecular complexity index is 1950. The van der Waals surface area contributed by atoms with E-state index in [1.807, 2.05) is 38.1 Å². The van der Waals surface area contributed by atoms with E-state index in [0.29, 0.717) is 21.2 Å². The van der Waals surface area contributed by atoms with Crippen molar-refractivity contribution in [1.29, 1.82) is 0 Å². The maximum Gasteiger partial charge on any atom is 0.243 e. The van der Waals surface area contributed by atoms with Crippen molar-refractivity contribution < 1.29 is 21.6 Å². The van der Waals surface area contributed by atoms with Crippen molar-refractivity contribution in [3.8, 4) is 0 Å². The minimum Gasteiger partial charge on any atom is -0.299 e. The van der Waals surface area contributed by atoms with Crippen LogP contribution in [0.25, 0.3) is 0 Å². The number of nitrogens with zero attached hydrogens (tertiary/aromatic N) is 2. The highest BCUT2D eigenvalue weighted by atomic mass is 35.5. The first-order valence-electron chi connectivity index (χ1n) is 14.6. The van der Waals surface area contributed by atoms with Crippen LogP contribution in [0.15, 0.2) is 107 Å². The number of benzene rings is 4. The summed E-state index contributed by atoms with van der Waals surface area (Å²) in [6.45, 7) is 3.65. The topological polar surface area (TPSA) is 91.8 Å². The summed E-state index contributed by atoms with van der Waals surface area (Å²) in [5.74, 6) is -1.08. The number of fused-ring (bicyclic) bond motifs is 1. The molecule has 2 heterocycles. The molecule has 45 heavy (non-hydrogen) atoms. The number of ketones is 1. The van der Waals surface area contributed by atoms with Gasteiger partial charge in [-0.3, -0.25) is 4.79 Å². The molecule has 0 aliphatic carbocycles. The standard InChI is InChI=1S/C34H32Cl2N2O5S2/c1-22-6-10-24(11-7-22)31-19-33-30(21-37(31)44(40,41)28-16-12-26(35)13-17-28)34(39)20-32(25-4-3-5-27(36)18-25)38(33)45(42,43)29-14-8-23(2)9-15-29/h3-18,30-33H,19-21H2,1-2H3/t30-,31+,32+,33+/m1/s1. The Balaban J connectivity index is 1.51. The van der Waals surface area contributed by atoms with Crippen LogP contribution in [-0.2, 0) is 24.8 Å². The first-order valence-corrected chi connectivity index (χ1v) is 18.2. The Morgan fingerprint density at radius 3 is 1.87 bits per heavy atom. The summed E-state index contributed by atoms with van der Waals surface area (Å²) < 4.78 is 60.4. The summed E-state index contributed by atoms with van der Waals surface area (Å²) in [7, 11) is -8.25. The van der Waals surface area contributed by atoms with E-state index < -0.39 is 44.1 Å². The normalized spacial score (nSPS) is 23.1. The molecule has 0 aromatic heterocycles. The van der Waals surface area contributed by atoms with E-state index in [4.69, 9.17) is 23.2 Å². The molecule has 6 rings (SSSR count). The fourth-order valence-electron chi connectivity index (χ4n) is 6.47. The number of hydrogen-bond donors (Lipinski definition) is 0. The van der Waals surface area contributed by atoms with E-state index >= 15 is 0 Å². The lowest BCUT2D eigenvalue weighted by atomic mass is 9.77. The molecule has 0 amide bonds. The zero-order valence-electron chi connectivity index (χ0n) is 24.7. The van der Waals surface area contributed by atoms with E-state index in [2.05, 4.69) is 0 Å². The predicted octanol–water partition coefficient (Wildman–Crippen LogP) is 7.14. The molecule has 0 bridgehead atoms. The van der Waals surface area contributed by atoms with E-state index in [0.717, 1.165) is 11.1 Å². The molecule has 11 heteroatoms. The van der Waals surface area contributed by atoms with Gasteiger partial charge in [-0.2, -0.15) is 8.61 Å². The monoisotopic (exact) mass is 682 g/mol. The molecule has 0 radical (unpaired) electrons. The van der Waals surface area contributed by atoms with Gasteiger partial charge in [0.2, 0.25) is 20.0 Å². The second-order valence-electron chi connectivity index (χ2n) is 11.8. The Morgan fingerprint density at radius 1 is 0.667 bits per heavy atom. The van der Waals surface area contributed by atoms with Crippen LogP contribution in [0.1, 0.15) is 47.2 Å². The molecule has 0 spiro atoms. The van der Waals surface area contributed by atoms with Gasteiger partial charge in [-0.25, -0.2) is 16.8 Å². The van der Waals surface area contributed by atoms with Crippen molar-refractivity contribution in [3.05, 3.63) is 129 Å². The number of piperidine rings is 2. The Hall–Kier alpha value is -3.05. The van der Waals surface area contributed by atoms with Crippen LogP contribution in [0.4, 0.5) is 0 Å². The number of rotatable bonds is 6. The van der Waals surface area contributed by atoms with Gasteiger partial charge in [-0.1, -0.05) is 82.9 Å². The van der Waals surface area contributed by atoms with E-state index in [1.54, 1.807) is 48.5 Å². The third-order valence-electron chi connectivity index (χ3n) is 8.81. The predicted molar refractivity (Wildman–Crippen MR) is 175 cm³/mol. The van der Waals surface area contributed by atoms with Gasteiger partial charge in [-0.05, 0) is 79.9 Å². The summed E-state index contributed by atoms with van der Waals surface area (Å²) >= 11 is 12.4. The van der Waals surface area contributed by atoms with Crippen molar-refractivity contribution in [3.63, 3.8) is 0 Å². The largest absolute Gasteiger partial charge is 0.299 e. The fourth-order valence-corrected chi connectivity index (χ4v) is 10.3. The number of aryl methyl sites for hydroxylation is 2. The van der Waals surface area contributed by atoms with E-state index in [1.165, 1.54) is 32.9 Å². The van der Waals surface area contributed by atoms with Crippen molar-refractivity contribution in [2.75, 3.05) is 6.54 Å². The molecule has 0 unspecified atom stereocenters. The van der Waals surface area contributed by atoms with Crippen LogP contribution in [-0.4, -0.2) is 43.8 Å². The second-order valence-corrected chi connectivity index (χ2v) is 16.4. The van der Waals surface area contributed by atoms with Gasteiger partial charge in [0.1, 0.15) is 5.78 Å². The molecule has 2 aliphatic heterocycles. The lowest BCUT2D eigenvalue weighted by molar-refractivity contribution is -0.132. The first-order chi connectivity index (χ1) is 21.4. The molecule has 2 fully saturated rings. The van der Waals surface area contributed by atoms with Crippen LogP contribution in [0.2, 0.25) is 10.0 Å². The Morgan fingerprint density at radius 2 is 1.24 bits per heavy atom. The molecule has 234 valence electrons. The average Bonchev–Trinajstić information content (AvgIpc) is 3.01. The SMILES string of the molecule is Cc1ccc([C@@H]2C[C@H]3[C@@H](CN2S(=O)(=O)c2ccc(Cl)cc2)C(=O)C[C@@H](c2cccc(Cl)c2)N3S(=O)(=O)c2ccc(C)cc2)cc1. The average molecular weight is 684 g/mol. The zero-order chi connectivity index (χ0) is 32.1. The van der Waals surface area contributed by atoms with Gasteiger partial charge in [0.15, 0.2) is 0 Å². The number of hydrogen-bond acceptors (Lipinski definition) is 5. The molecule has 2 aliphatic rings. The molecule has 0 N–H and O–H groups in total. The van der Waals surface area contributed by atoms with Gasteiger partial charge in [0.25, 0.3) is 0 Å². The van der Waals surface area contributed by atoms with Crippen LogP contribution in [0.3, 0.4) is 0 Å². The third-order valence-corrected chi connectivity index (χ3v) is 13.1. The number of carbonyl (C=O) groups excluding carboxylic acids is 1. The highest BCUT2D eigenvalue weighted by Gasteiger charge is 2.54. The van der Waals surface area contributed by atoms with Crippen LogP contribution >= 0.6 is 23.2 Å². The molecule has 4 aromatic rings. The Kier molecular flexibility index (Phi) is 8.71. The van der Waals surface area contributed by atoms with Gasteiger partial charge in [0.05, 0.1) is 21.9 Å². The molecule has 0 saturated carbocycles. The van der Waals surface area contributed by atoms with Gasteiger partial charge in [-0.15, -0.1) is 0 Å². The zero-order valence-corrected chi connectivity index (χ0v) is 27.8. The summed E-state index contributed by atoms with van der Waals surface area (Å²) in [5, 5.41) is 0.824. The van der Waals surface area contributed by atoms with Crippen molar-refractivity contribution in [2.24, 2.45) is 5.92 Å². The highest BCUT2D eigenvalue weighted by molar-refractivity contribution is 7.89. The molecule has 4 aromatic carbocycles. The molecular weight excluding hydrogens is 651 g/mol. The summed E-state index contributed by atoms with van der Waals surface area (Å²) in [6, 6.07) is 24.6. The summed E-state index contributed by atoms with van der Waals surface area (Å²) in [6.07, 6.45) is -0.0366. The fraction of sp³-hybridized carbons (Fsp3) is 0.265. The summed E-state index contributed by atoms with van der Waals surface area (Å²) in [5.41, 5.74) is 3.22. The number of sulfonamides is 2. The highest BCUT2D eigenvalue weighted by Crippen LogP contribution is 2.48. The maximum atomic E-state index is 14.6. The van der Waals surface area contributed by atoms with Crippen molar-refractivity contribution >= 4 is 49.0 Å². The van der Waals surface area contributed by atoms with E-state index in [9.17, 15) is 21.6 Å². The Labute approximate surface area is 274 Å². The number of halogens is 2. The van der Waals surface area contributed by atoms with Gasteiger partial charge >= 0.3 is 0 Å². The molecule has 7 nitrogen and oxygen atoms in total. The number of carbonyl (C=O) groups is 1. The first kappa shape index (κ1) is 31.9. The lowest BCUT2D eigenvalue weighted by Crippen LogP contribution is -2.60. The summed E-state index contributed by atoms with van der Waals surface area (Å²) in [4.78, 5) is 14.2. The third kappa shape index (κ3) is 6.10. The second kappa shape index (κ2) is 12.3. The van der Waals surface area contributed by atoms with Crippen LogP contribution in [0.5, 0.6) is 0 Å². The van der Waals surface area contributed by atoms with Crippen molar-refractivity contribution in [1.82, 2.24) is 8.61 Å². The minimum absolute atomic E-state index is 0.0478. The van der Waals surface area contributed by atoms with Crippen LogP contribution < -0.4 is 0 Å². The molecular formula is C34H32Cl2N2O5S2. The lowest BCUT2D eigenvalue weighted by Gasteiger charge is -2.51. The molecule has 4 atom stereocenters. The molecule has 2 saturated heterocycles. The number of Topliss-reactive ketones (excluding diaryl/α,β-unsaturated/α-hetero) is 1. The minimum atomic E-state index is -4.15. The quantitative estimate of drug-likeness (QED) is 0.216. The van der Waals surface area contributed by atoms with Gasteiger partial charge in [0, 0.05) is 35.0 Å². The van der Waals surface area contributed by atoms with Crippen molar-refractivity contribution in [2.45, 2.75) is 54.6 Å². The smallest absolute Gasteiger partial charge is 0.243 e. The van der Waals surface area contributed by atoms with Crippen LogP contribution in [0, 0.1) is 19.8 Å². The van der Waals surface area contributed by atoms with Gasteiger partial charge < -0.3 is 0 Å². The van der Waals surface area contributed by atoms with E-state index in [-0.39, 0.29) is 35.0 Å². The maximum absolute atomic E-state index is 14.6.